The standard InChI is InChI=1S/C13H17NO2/c1-9-5-6-12(15)11(7-9)13(16)14-8-10-3-2-4-10/h5-7,10,15H,2-4,8H2,1H3,(H,14,16). The molecule has 0 heterocycles. The summed E-state index contributed by atoms with van der Waals surface area (Å²) in [7, 11) is 0. The molecule has 0 bridgehead atoms. The van der Waals surface area contributed by atoms with Gasteiger partial charge in [0.25, 0.3) is 5.91 Å². The van der Waals surface area contributed by atoms with Crippen molar-refractivity contribution in [3.8, 4) is 5.75 Å². The Morgan fingerprint density at radius 2 is 2.25 bits per heavy atom. The van der Waals surface area contributed by atoms with E-state index < -0.39 is 0 Å². The maximum Gasteiger partial charge on any atom is 0.255 e. The van der Waals surface area contributed by atoms with Crippen molar-refractivity contribution < 1.29 is 9.90 Å². The third-order valence-electron chi connectivity index (χ3n) is 3.17. The quantitative estimate of drug-likeness (QED) is 0.819. The molecule has 1 saturated carbocycles. The third-order valence-corrected chi connectivity index (χ3v) is 3.17. The molecule has 3 nitrogen and oxygen atoms in total. The van der Waals surface area contributed by atoms with Crippen molar-refractivity contribution in [2.24, 2.45) is 5.92 Å². The molecule has 2 N–H and O–H groups in total. The van der Waals surface area contributed by atoms with Crippen LogP contribution in [0.3, 0.4) is 0 Å². The predicted octanol–water partition coefficient (Wildman–Crippen LogP) is 2.23. The molecule has 1 aromatic carbocycles. The fourth-order valence-corrected chi connectivity index (χ4v) is 1.86. The van der Waals surface area contributed by atoms with Crippen LogP contribution in [-0.4, -0.2) is 17.6 Å². The van der Waals surface area contributed by atoms with Gasteiger partial charge in [0.2, 0.25) is 0 Å². The fourth-order valence-electron chi connectivity index (χ4n) is 1.86. The molecule has 3 heteroatoms. The van der Waals surface area contributed by atoms with Crippen LogP contribution in [0.5, 0.6) is 5.75 Å². The highest BCUT2D eigenvalue weighted by Gasteiger charge is 2.19. The second-order valence-corrected chi connectivity index (χ2v) is 4.53. The zero-order valence-corrected chi connectivity index (χ0v) is 9.49. The van der Waals surface area contributed by atoms with Gasteiger partial charge < -0.3 is 10.4 Å². The molecule has 0 radical (unpaired) electrons. The Bertz CT molecular complexity index is 397. The van der Waals surface area contributed by atoms with Crippen LogP contribution in [0.15, 0.2) is 18.2 Å². The number of carbonyl (C=O) groups excluding carboxylic acids is 1. The number of amides is 1. The summed E-state index contributed by atoms with van der Waals surface area (Å²) >= 11 is 0. The van der Waals surface area contributed by atoms with Gasteiger partial charge in [0.15, 0.2) is 0 Å². The second-order valence-electron chi connectivity index (χ2n) is 4.53. The molecule has 0 spiro atoms. The minimum Gasteiger partial charge on any atom is -0.507 e. The van der Waals surface area contributed by atoms with Gasteiger partial charge in [-0.15, -0.1) is 0 Å². The lowest BCUT2D eigenvalue weighted by molar-refractivity contribution is 0.0936. The van der Waals surface area contributed by atoms with Gasteiger partial charge in [-0.3, -0.25) is 4.79 Å². The molecule has 2 rings (SSSR count). The van der Waals surface area contributed by atoms with Crippen LogP contribution >= 0.6 is 0 Å². The highest BCUT2D eigenvalue weighted by Crippen LogP contribution is 2.25. The van der Waals surface area contributed by atoms with Crippen molar-refractivity contribution in [1.29, 1.82) is 0 Å². The first kappa shape index (κ1) is 11.0. The van der Waals surface area contributed by atoms with Crippen LogP contribution in [-0.2, 0) is 0 Å². The van der Waals surface area contributed by atoms with Crippen LogP contribution < -0.4 is 5.32 Å². The number of hydrogen-bond acceptors (Lipinski definition) is 2. The van der Waals surface area contributed by atoms with Crippen molar-refractivity contribution >= 4 is 5.91 Å². The van der Waals surface area contributed by atoms with Crippen molar-refractivity contribution in [3.63, 3.8) is 0 Å². The summed E-state index contributed by atoms with van der Waals surface area (Å²) in [6, 6.07) is 5.07. The summed E-state index contributed by atoms with van der Waals surface area (Å²) in [6.07, 6.45) is 3.69. The van der Waals surface area contributed by atoms with E-state index in [0.717, 1.165) is 12.1 Å². The van der Waals surface area contributed by atoms with Gasteiger partial charge in [-0.05, 0) is 37.8 Å². The van der Waals surface area contributed by atoms with E-state index in [4.69, 9.17) is 0 Å². The number of phenolic OH excluding ortho intramolecular Hbond substituents is 1. The van der Waals surface area contributed by atoms with E-state index in [-0.39, 0.29) is 11.7 Å². The number of carbonyl (C=O) groups is 1. The van der Waals surface area contributed by atoms with E-state index in [0.29, 0.717) is 11.5 Å². The number of nitrogens with one attached hydrogen (secondary N) is 1. The van der Waals surface area contributed by atoms with Crippen LogP contribution in [0.1, 0.15) is 35.2 Å². The van der Waals surface area contributed by atoms with E-state index >= 15 is 0 Å². The van der Waals surface area contributed by atoms with Gasteiger partial charge in [0.1, 0.15) is 5.75 Å². The average molecular weight is 219 g/mol. The Labute approximate surface area is 95.5 Å². The molecule has 16 heavy (non-hydrogen) atoms. The van der Waals surface area contributed by atoms with E-state index in [1.165, 1.54) is 19.3 Å². The topological polar surface area (TPSA) is 49.3 Å². The van der Waals surface area contributed by atoms with Crippen molar-refractivity contribution in [3.05, 3.63) is 29.3 Å². The summed E-state index contributed by atoms with van der Waals surface area (Å²) in [5, 5.41) is 12.5. The van der Waals surface area contributed by atoms with Crippen LogP contribution in [0.2, 0.25) is 0 Å². The van der Waals surface area contributed by atoms with Crippen molar-refractivity contribution in [1.82, 2.24) is 5.32 Å². The lowest BCUT2D eigenvalue weighted by Gasteiger charge is -2.25. The molecule has 1 amide bonds. The second kappa shape index (κ2) is 4.56. The maximum atomic E-state index is 11.8. The molecule has 0 atom stereocenters. The third kappa shape index (κ3) is 2.35. The minimum absolute atomic E-state index is 0.0525. The molecule has 0 unspecified atom stereocenters. The smallest absolute Gasteiger partial charge is 0.255 e. The van der Waals surface area contributed by atoms with Crippen LogP contribution in [0, 0.1) is 12.8 Å². The maximum absolute atomic E-state index is 11.8. The first-order valence-electron chi connectivity index (χ1n) is 5.74. The normalized spacial score (nSPS) is 15.6. The monoisotopic (exact) mass is 219 g/mol. The van der Waals surface area contributed by atoms with Gasteiger partial charge in [-0.2, -0.15) is 0 Å². The van der Waals surface area contributed by atoms with E-state index in [1.54, 1.807) is 18.2 Å². The summed E-state index contributed by atoms with van der Waals surface area (Å²) < 4.78 is 0. The Kier molecular flexibility index (Phi) is 3.13. The van der Waals surface area contributed by atoms with Gasteiger partial charge in [0.05, 0.1) is 5.56 Å². The Morgan fingerprint density at radius 1 is 1.50 bits per heavy atom. The average Bonchev–Trinajstić information content (AvgIpc) is 2.19. The molecular formula is C13H17NO2. The molecule has 0 saturated heterocycles. The van der Waals surface area contributed by atoms with Crippen LogP contribution in [0.4, 0.5) is 0 Å². The fraction of sp³-hybridized carbons (Fsp3) is 0.462. The van der Waals surface area contributed by atoms with Gasteiger partial charge in [0, 0.05) is 6.54 Å². The van der Waals surface area contributed by atoms with Gasteiger partial charge in [-0.25, -0.2) is 0 Å². The summed E-state index contributed by atoms with van der Waals surface area (Å²) in [6.45, 7) is 2.63. The molecule has 86 valence electrons. The summed E-state index contributed by atoms with van der Waals surface area (Å²) in [4.78, 5) is 11.8. The predicted molar refractivity (Wildman–Crippen MR) is 62.5 cm³/mol. The molecule has 0 aromatic heterocycles. The molecule has 1 aliphatic carbocycles. The number of rotatable bonds is 3. The molecule has 1 aromatic rings. The van der Waals surface area contributed by atoms with Gasteiger partial charge >= 0.3 is 0 Å². The number of aryl methyl sites for hydroxylation is 1. The molecular weight excluding hydrogens is 202 g/mol. The Balaban J connectivity index is 1.99. The molecule has 1 aliphatic rings. The summed E-state index contributed by atoms with van der Waals surface area (Å²) in [5.41, 5.74) is 1.35. The summed E-state index contributed by atoms with van der Waals surface area (Å²) in [5.74, 6) is 0.515. The Morgan fingerprint density at radius 3 is 2.88 bits per heavy atom. The lowest BCUT2D eigenvalue weighted by atomic mass is 9.85. The first-order valence-corrected chi connectivity index (χ1v) is 5.74. The van der Waals surface area contributed by atoms with Crippen LogP contribution in [0.25, 0.3) is 0 Å². The van der Waals surface area contributed by atoms with E-state index in [1.807, 2.05) is 6.92 Å². The van der Waals surface area contributed by atoms with Crippen molar-refractivity contribution in [2.45, 2.75) is 26.2 Å². The van der Waals surface area contributed by atoms with E-state index in [9.17, 15) is 9.90 Å². The first-order chi connectivity index (χ1) is 7.66. The number of benzene rings is 1. The molecule has 0 aliphatic heterocycles. The minimum atomic E-state index is -0.173. The zero-order chi connectivity index (χ0) is 11.5. The highest BCUT2D eigenvalue weighted by molar-refractivity contribution is 5.96. The Hall–Kier alpha value is -1.51. The number of aromatic hydroxyl groups is 1. The number of hydrogen-bond donors (Lipinski definition) is 2. The van der Waals surface area contributed by atoms with Gasteiger partial charge in [-0.1, -0.05) is 18.1 Å². The van der Waals surface area contributed by atoms with Crippen molar-refractivity contribution in [2.75, 3.05) is 6.54 Å². The SMILES string of the molecule is Cc1ccc(O)c(C(=O)NCC2CCC2)c1. The molecule has 1 fully saturated rings. The number of phenols is 1. The lowest BCUT2D eigenvalue weighted by Crippen LogP contribution is -2.32. The van der Waals surface area contributed by atoms with E-state index in [2.05, 4.69) is 5.32 Å². The largest absolute Gasteiger partial charge is 0.507 e. The highest BCUT2D eigenvalue weighted by atomic mass is 16.3. The zero-order valence-electron chi connectivity index (χ0n) is 9.49.